The normalized spacial score (nSPS) is 14.0. The van der Waals surface area contributed by atoms with Crippen molar-refractivity contribution in [3.8, 4) is 17.2 Å². The Morgan fingerprint density at radius 3 is 2.54 bits per heavy atom. The van der Waals surface area contributed by atoms with Crippen molar-refractivity contribution in [1.82, 2.24) is 24.3 Å². The first-order valence-electron chi connectivity index (χ1n) is 13.3. The van der Waals surface area contributed by atoms with E-state index >= 15 is 4.39 Å². The molecule has 210 valence electrons. The molecule has 1 amide bonds. The predicted molar refractivity (Wildman–Crippen MR) is 150 cm³/mol. The lowest BCUT2D eigenvalue weighted by Gasteiger charge is -2.22. The number of rotatable bonds is 6. The molecule has 0 radical (unpaired) electrons. The Labute approximate surface area is 234 Å². The van der Waals surface area contributed by atoms with Crippen LogP contribution in [-0.4, -0.2) is 38.0 Å². The van der Waals surface area contributed by atoms with E-state index in [9.17, 15) is 14.0 Å². The number of ether oxygens (including phenoxy) is 1. The van der Waals surface area contributed by atoms with Crippen molar-refractivity contribution in [2.75, 3.05) is 18.4 Å². The monoisotopic (exact) mass is 558 g/mol. The summed E-state index contributed by atoms with van der Waals surface area (Å²) in [6, 6.07) is 13.2. The number of benzene rings is 2. The van der Waals surface area contributed by atoms with Crippen molar-refractivity contribution < 1.29 is 18.3 Å². The molecule has 41 heavy (non-hydrogen) atoms. The minimum absolute atomic E-state index is 0.0110. The second kappa shape index (κ2) is 10.7. The maximum Gasteiger partial charge on any atom is 0.284 e. The number of nitrogens with one attached hydrogen (secondary N) is 2. The molecular weight excluding hydrogens is 530 g/mol. The Morgan fingerprint density at radius 2 is 1.80 bits per heavy atom. The van der Waals surface area contributed by atoms with Crippen LogP contribution in [0.1, 0.15) is 40.4 Å². The van der Waals surface area contributed by atoms with E-state index in [0.717, 1.165) is 43.1 Å². The van der Waals surface area contributed by atoms with Crippen molar-refractivity contribution in [2.24, 2.45) is 7.05 Å². The van der Waals surface area contributed by atoms with Gasteiger partial charge in [-0.2, -0.15) is 5.10 Å². The third kappa shape index (κ3) is 4.89. The molecule has 0 saturated carbocycles. The summed E-state index contributed by atoms with van der Waals surface area (Å²) in [6.07, 6.45) is 5.46. The third-order valence-corrected chi connectivity index (χ3v) is 7.59. The fraction of sp³-hybridized carbons (Fsp3) is 0.233. The predicted octanol–water partition coefficient (Wildman–Crippen LogP) is 4.92. The Morgan fingerprint density at radius 1 is 1.05 bits per heavy atom. The van der Waals surface area contributed by atoms with Crippen LogP contribution >= 0.6 is 0 Å². The molecular formula is C30H28F2N6O3. The highest BCUT2D eigenvalue weighted by molar-refractivity contribution is 6.05. The first-order valence-corrected chi connectivity index (χ1v) is 13.3. The van der Waals surface area contributed by atoms with Gasteiger partial charge in [0, 0.05) is 31.1 Å². The Balaban J connectivity index is 1.25. The second-order valence-electron chi connectivity index (χ2n) is 10.1. The molecule has 11 heteroatoms. The Hall–Kier alpha value is -4.77. The van der Waals surface area contributed by atoms with Crippen molar-refractivity contribution in [3.05, 3.63) is 106 Å². The largest absolute Gasteiger partial charge is 0.452 e. The van der Waals surface area contributed by atoms with E-state index in [1.807, 2.05) is 12.3 Å². The molecule has 2 aromatic carbocycles. The van der Waals surface area contributed by atoms with Gasteiger partial charge in [-0.05, 0) is 86.8 Å². The summed E-state index contributed by atoms with van der Waals surface area (Å²) >= 11 is 0. The van der Waals surface area contributed by atoms with Gasteiger partial charge in [0.25, 0.3) is 11.5 Å². The average Bonchev–Trinajstić information content (AvgIpc) is 3.50. The highest BCUT2D eigenvalue weighted by atomic mass is 19.1. The minimum atomic E-state index is -0.687. The molecule has 4 heterocycles. The lowest BCUT2D eigenvalue weighted by atomic mass is 9.91. The zero-order valence-corrected chi connectivity index (χ0v) is 22.5. The van der Waals surface area contributed by atoms with Gasteiger partial charge in [0.05, 0.1) is 17.6 Å². The maximum atomic E-state index is 15.2. The summed E-state index contributed by atoms with van der Waals surface area (Å²) in [5.41, 5.74) is 2.20. The lowest BCUT2D eigenvalue weighted by molar-refractivity contribution is 0.102. The molecule has 9 nitrogen and oxygen atoms in total. The number of nitrogens with zero attached hydrogens (tertiary/aromatic N) is 4. The van der Waals surface area contributed by atoms with Gasteiger partial charge in [0.2, 0.25) is 0 Å². The molecule has 1 aliphatic heterocycles. The molecule has 0 atom stereocenters. The number of carbonyl (C=O) groups is 1. The zero-order chi connectivity index (χ0) is 28.7. The van der Waals surface area contributed by atoms with Gasteiger partial charge in [0.1, 0.15) is 16.9 Å². The summed E-state index contributed by atoms with van der Waals surface area (Å²) in [4.78, 5) is 26.3. The van der Waals surface area contributed by atoms with Gasteiger partial charge in [0.15, 0.2) is 17.3 Å². The topological polar surface area (TPSA) is 94.6 Å². The van der Waals surface area contributed by atoms with Gasteiger partial charge in [-0.25, -0.2) is 18.0 Å². The van der Waals surface area contributed by atoms with Crippen LogP contribution in [0.5, 0.6) is 11.5 Å². The first kappa shape index (κ1) is 26.5. The van der Waals surface area contributed by atoms with Crippen LogP contribution in [0, 0.1) is 18.6 Å². The molecule has 1 saturated heterocycles. The summed E-state index contributed by atoms with van der Waals surface area (Å²) in [5, 5.41) is 10.4. The van der Waals surface area contributed by atoms with E-state index in [1.165, 1.54) is 45.8 Å². The number of aromatic nitrogens is 4. The smallest absolute Gasteiger partial charge is 0.284 e. The number of fused-ring (bicyclic) bond motifs is 1. The van der Waals surface area contributed by atoms with E-state index in [-0.39, 0.29) is 17.0 Å². The van der Waals surface area contributed by atoms with E-state index in [1.54, 1.807) is 30.8 Å². The molecule has 1 fully saturated rings. The molecule has 0 bridgehead atoms. The first-order chi connectivity index (χ1) is 19.8. The highest BCUT2D eigenvalue weighted by Crippen LogP contribution is 2.36. The van der Waals surface area contributed by atoms with Crippen molar-refractivity contribution in [1.29, 1.82) is 0 Å². The maximum absolute atomic E-state index is 15.2. The molecule has 0 unspecified atom stereocenters. The van der Waals surface area contributed by atoms with Crippen LogP contribution in [-0.2, 0) is 7.05 Å². The zero-order valence-electron chi connectivity index (χ0n) is 22.5. The second-order valence-corrected chi connectivity index (χ2v) is 10.1. The standard InChI is InChI=1S/C30H28F2N6O3/c1-18-27(30(40)38(36(18)2)22-6-3-20(31)4-7-22)29(39)35-21-5-8-25(24(32)17-21)41-26-11-15-34-37-16-12-23(28(26)37)19-9-13-33-14-10-19/h3-8,11-12,15-17,19,33H,9-10,13-14H2,1-2H3,(H,35,39). The van der Waals surface area contributed by atoms with E-state index in [0.29, 0.717) is 23.0 Å². The van der Waals surface area contributed by atoms with Gasteiger partial charge < -0.3 is 15.4 Å². The van der Waals surface area contributed by atoms with Crippen LogP contribution in [0.4, 0.5) is 14.5 Å². The molecule has 1 aliphatic rings. The van der Waals surface area contributed by atoms with E-state index in [4.69, 9.17) is 4.74 Å². The van der Waals surface area contributed by atoms with Gasteiger partial charge in [-0.3, -0.25) is 14.3 Å². The summed E-state index contributed by atoms with van der Waals surface area (Å²) < 4.78 is 39.2. The average molecular weight is 559 g/mol. The molecule has 0 spiro atoms. The van der Waals surface area contributed by atoms with E-state index in [2.05, 4.69) is 15.7 Å². The van der Waals surface area contributed by atoms with Gasteiger partial charge >= 0.3 is 0 Å². The van der Waals surface area contributed by atoms with Gasteiger partial charge in [-0.1, -0.05) is 0 Å². The van der Waals surface area contributed by atoms with Crippen LogP contribution in [0.25, 0.3) is 11.2 Å². The lowest BCUT2D eigenvalue weighted by Crippen LogP contribution is -2.26. The van der Waals surface area contributed by atoms with Crippen LogP contribution in [0.2, 0.25) is 0 Å². The Kier molecular flexibility index (Phi) is 6.88. The van der Waals surface area contributed by atoms with Crippen molar-refractivity contribution in [3.63, 3.8) is 0 Å². The number of carbonyl (C=O) groups excluding carboxylic acids is 1. The number of hydrogen-bond acceptors (Lipinski definition) is 5. The highest BCUT2D eigenvalue weighted by Gasteiger charge is 2.24. The molecule has 2 N–H and O–H groups in total. The summed E-state index contributed by atoms with van der Waals surface area (Å²) in [6.45, 7) is 3.49. The number of halogens is 2. The SMILES string of the molecule is Cc1c(C(=O)Nc2ccc(Oc3ccnn4ccc(C5CCNCC5)c34)c(F)c2)c(=O)n(-c2ccc(F)cc2)n1C. The molecule has 3 aromatic heterocycles. The number of amides is 1. The fourth-order valence-electron chi connectivity index (χ4n) is 5.40. The van der Waals surface area contributed by atoms with Crippen LogP contribution in [0.15, 0.2) is 71.8 Å². The molecule has 5 aromatic rings. The fourth-order valence-corrected chi connectivity index (χ4v) is 5.40. The Bertz CT molecular complexity index is 1820. The van der Waals surface area contributed by atoms with Crippen LogP contribution < -0.4 is 20.9 Å². The van der Waals surface area contributed by atoms with E-state index < -0.39 is 23.1 Å². The number of anilines is 1. The van der Waals surface area contributed by atoms with Gasteiger partial charge in [-0.15, -0.1) is 0 Å². The van der Waals surface area contributed by atoms with Crippen molar-refractivity contribution >= 4 is 17.1 Å². The summed E-state index contributed by atoms with van der Waals surface area (Å²) in [7, 11) is 1.63. The minimum Gasteiger partial charge on any atom is -0.452 e. The van der Waals surface area contributed by atoms with Crippen molar-refractivity contribution in [2.45, 2.75) is 25.7 Å². The number of hydrogen-bond donors (Lipinski definition) is 2. The van der Waals surface area contributed by atoms with Crippen LogP contribution in [0.3, 0.4) is 0 Å². The third-order valence-electron chi connectivity index (χ3n) is 7.59. The summed E-state index contributed by atoms with van der Waals surface area (Å²) in [5.74, 6) is -0.985. The molecule has 6 rings (SSSR count). The number of piperidine rings is 1. The molecule has 0 aliphatic carbocycles. The quantitative estimate of drug-likeness (QED) is 0.309.